The molecule has 1 aliphatic rings. The van der Waals surface area contributed by atoms with Crippen molar-refractivity contribution >= 4 is 21.1 Å². The van der Waals surface area contributed by atoms with Gasteiger partial charge < -0.3 is 9.72 Å². The Kier molecular flexibility index (Phi) is 5.45. The van der Waals surface area contributed by atoms with Gasteiger partial charge in [0.1, 0.15) is 11.6 Å². The summed E-state index contributed by atoms with van der Waals surface area (Å²) in [4.78, 5) is 9.41. The molecule has 27 heavy (non-hydrogen) atoms. The van der Waals surface area contributed by atoms with Crippen molar-refractivity contribution in [1.29, 1.82) is 0 Å². The first kappa shape index (κ1) is 19.6. The molecule has 2 heterocycles. The van der Waals surface area contributed by atoms with Crippen LogP contribution < -0.4 is 9.46 Å². The number of alkyl halides is 3. The van der Waals surface area contributed by atoms with E-state index in [1.165, 1.54) is 18.2 Å². The molecule has 11 heteroatoms. The average Bonchev–Trinajstić information content (AvgIpc) is 2.94. The lowest BCUT2D eigenvalue weighted by atomic mass is 10.1. The van der Waals surface area contributed by atoms with E-state index >= 15 is 0 Å². The molecule has 0 saturated carbocycles. The molecule has 3 rings (SSSR count). The Hall–Kier alpha value is -2.11. The molecule has 0 radical (unpaired) electrons. The molecule has 1 fully saturated rings. The van der Waals surface area contributed by atoms with E-state index in [1.807, 2.05) is 4.90 Å². The summed E-state index contributed by atoms with van der Waals surface area (Å²) < 4.78 is 66.7. The molecule has 1 aromatic heterocycles. The molecule has 1 aromatic carbocycles. The molecular formula is C16H19F3N4O3S. The maximum absolute atomic E-state index is 12.3. The number of nitrogens with one attached hydrogen (secondary N) is 2. The van der Waals surface area contributed by atoms with Crippen LogP contribution in [-0.4, -0.2) is 48.8 Å². The highest BCUT2D eigenvalue weighted by Crippen LogP contribution is 2.26. The average molecular weight is 404 g/mol. The molecule has 7 nitrogen and oxygen atoms in total. The zero-order valence-corrected chi connectivity index (χ0v) is 15.1. The van der Waals surface area contributed by atoms with E-state index in [4.69, 9.17) is 0 Å². The van der Waals surface area contributed by atoms with Gasteiger partial charge in [-0.25, -0.2) is 18.1 Å². The lowest BCUT2D eigenvalue weighted by molar-refractivity contribution is -0.274. The predicted octanol–water partition coefficient (Wildman–Crippen LogP) is 2.49. The number of hydrogen-bond donors (Lipinski definition) is 2. The number of aromatic nitrogens is 2. The summed E-state index contributed by atoms with van der Waals surface area (Å²) in [7, 11) is -3.50. The van der Waals surface area contributed by atoms with Crippen LogP contribution in [0.25, 0.3) is 11.0 Å². The Balaban J connectivity index is 1.68. The summed E-state index contributed by atoms with van der Waals surface area (Å²) in [5.74, 6) is 0.256. The largest absolute Gasteiger partial charge is 0.573 e. The summed E-state index contributed by atoms with van der Waals surface area (Å²) in [6.07, 6.45) is -3.22. The Morgan fingerprint density at radius 3 is 2.93 bits per heavy atom. The fourth-order valence-corrected chi connectivity index (χ4v) is 3.85. The Morgan fingerprint density at radius 1 is 1.44 bits per heavy atom. The SMILES string of the molecule is C=CS(=O)(=O)N[C@@H]1CCCN(Cc2nc3cc(OC(F)(F)F)ccc3[nH]2)C1. The minimum absolute atomic E-state index is 0.224. The number of ether oxygens (including phenoxy) is 1. The number of imidazole rings is 1. The molecule has 2 N–H and O–H groups in total. The van der Waals surface area contributed by atoms with Crippen molar-refractivity contribution in [3.8, 4) is 5.75 Å². The standard InChI is InChI=1S/C16H19F3N4O3S/c1-2-27(24,25)22-11-4-3-7-23(9-11)10-15-20-13-6-5-12(8-14(13)21-15)26-16(17,18)19/h2,5-6,8,11,22H,1,3-4,7,9-10H2,(H,20,21)/t11-/m1/s1. The zero-order valence-electron chi connectivity index (χ0n) is 14.3. The van der Waals surface area contributed by atoms with E-state index in [9.17, 15) is 21.6 Å². The zero-order chi connectivity index (χ0) is 19.7. The molecule has 148 valence electrons. The first-order chi connectivity index (χ1) is 12.6. The van der Waals surface area contributed by atoms with Crippen LogP contribution in [0.4, 0.5) is 13.2 Å². The number of H-pyrrole nitrogens is 1. The van der Waals surface area contributed by atoms with E-state index < -0.39 is 16.4 Å². The van der Waals surface area contributed by atoms with Crippen LogP contribution >= 0.6 is 0 Å². The highest BCUT2D eigenvalue weighted by Gasteiger charge is 2.31. The number of likely N-dealkylation sites (tertiary alicyclic amines) is 1. The lowest BCUT2D eigenvalue weighted by Gasteiger charge is -2.32. The second-order valence-electron chi connectivity index (χ2n) is 6.31. The Bertz CT molecular complexity index is 927. The predicted molar refractivity (Wildman–Crippen MR) is 93.3 cm³/mol. The van der Waals surface area contributed by atoms with Gasteiger partial charge in [0.15, 0.2) is 0 Å². The maximum atomic E-state index is 12.3. The normalized spacial score (nSPS) is 19.3. The molecule has 2 aromatic rings. The third kappa shape index (κ3) is 5.44. The van der Waals surface area contributed by atoms with Crippen molar-refractivity contribution in [1.82, 2.24) is 19.6 Å². The quantitative estimate of drug-likeness (QED) is 0.773. The van der Waals surface area contributed by atoms with Gasteiger partial charge in [-0.05, 0) is 31.5 Å². The highest BCUT2D eigenvalue weighted by molar-refractivity contribution is 7.92. The number of hydrogen-bond acceptors (Lipinski definition) is 5. The first-order valence-electron chi connectivity index (χ1n) is 8.25. The molecule has 1 saturated heterocycles. The van der Waals surface area contributed by atoms with Gasteiger partial charge >= 0.3 is 6.36 Å². The van der Waals surface area contributed by atoms with Crippen molar-refractivity contribution in [3.05, 3.63) is 36.0 Å². The van der Waals surface area contributed by atoms with Crippen LogP contribution in [0.2, 0.25) is 0 Å². The number of piperidine rings is 1. The lowest BCUT2D eigenvalue weighted by Crippen LogP contribution is -2.46. The first-order valence-corrected chi connectivity index (χ1v) is 9.80. The summed E-state index contributed by atoms with van der Waals surface area (Å²) in [6, 6.07) is 3.70. The molecule has 0 aliphatic carbocycles. The topological polar surface area (TPSA) is 87.3 Å². The second-order valence-corrected chi connectivity index (χ2v) is 7.97. The molecule has 1 atom stereocenters. The number of rotatable bonds is 6. The third-order valence-electron chi connectivity index (χ3n) is 4.17. The van der Waals surface area contributed by atoms with Gasteiger partial charge in [-0.15, -0.1) is 13.2 Å². The molecule has 0 amide bonds. The van der Waals surface area contributed by atoms with Crippen LogP contribution in [0, 0.1) is 0 Å². The van der Waals surface area contributed by atoms with E-state index in [0.29, 0.717) is 29.9 Å². The van der Waals surface area contributed by atoms with E-state index in [1.54, 1.807) is 0 Å². The second kappa shape index (κ2) is 7.49. The number of aromatic amines is 1. The van der Waals surface area contributed by atoms with E-state index in [0.717, 1.165) is 24.8 Å². The number of fused-ring (bicyclic) bond motifs is 1. The summed E-state index contributed by atoms with van der Waals surface area (Å²) in [5, 5.41) is 0.881. The molecule has 0 bridgehead atoms. The number of benzene rings is 1. The Morgan fingerprint density at radius 2 is 2.22 bits per heavy atom. The maximum Gasteiger partial charge on any atom is 0.573 e. The van der Waals surface area contributed by atoms with Gasteiger partial charge in [-0.3, -0.25) is 4.90 Å². The van der Waals surface area contributed by atoms with Gasteiger partial charge in [-0.2, -0.15) is 0 Å². The van der Waals surface area contributed by atoms with Crippen LogP contribution in [0.15, 0.2) is 30.2 Å². The monoisotopic (exact) mass is 404 g/mol. The highest BCUT2D eigenvalue weighted by atomic mass is 32.2. The smallest absolute Gasteiger partial charge is 0.406 e. The van der Waals surface area contributed by atoms with Gasteiger partial charge in [0, 0.05) is 24.1 Å². The van der Waals surface area contributed by atoms with Crippen LogP contribution in [0.1, 0.15) is 18.7 Å². The van der Waals surface area contributed by atoms with Gasteiger partial charge in [0.05, 0.1) is 17.6 Å². The molecule has 0 spiro atoms. The van der Waals surface area contributed by atoms with Crippen LogP contribution in [0.5, 0.6) is 5.75 Å². The van der Waals surface area contributed by atoms with Crippen LogP contribution in [0.3, 0.4) is 0 Å². The number of sulfonamides is 1. The summed E-state index contributed by atoms with van der Waals surface area (Å²) in [6.45, 7) is 4.98. The summed E-state index contributed by atoms with van der Waals surface area (Å²) in [5.41, 5.74) is 0.966. The minimum Gasteiger partial charge on any atom is -0.406 e. The van der Waals surface area contributed by atoms with Crippen molar-refractivity contribution in [3.63, 3.8) is 0 Å². The summed E-state index contributed by atoms with van der Waals surface area (Å²) >= 11 is 0. The number of nitrogens with zero attached hydrogens (tertiary/aromatic N) is 2. The fourth-order valence-electron chi connectivity index (χ4n) is 3.10. The van der Waals surface area contributed by atoms with Gasteiger partial charge in [0.25, 0.3) is 0 Å². The van der Waals surface area contributed by atoms with E-state index in [2.05, 4.69) is 26.0 Å². The molecular weight excluding hydrogens is 385 g/mol. The number of halogens is 3. The minimum atomic E-state index is -4.76. The van der Waals surface area contributed by atoms with Crippen molar-refractivity contribution < 1.29 is 26.3 Å². The van der Waals surface area contributed by atoms with Gasteiger partial charge in [-0.1, -0.05) is 6.58 Å². The molecule has 0 unspecified atom stereocenters. The van der Waals surface area contributed by atoms with E-state index in [-0.39, 0.29) is 11.8 Å². The molecule has 1 aliphatic heterocycles. The van der Waals surface area contributed by atoms with Crippen molar-refractivity contribution in [2.75, 3.05) is 13.1 Å². The van der Waals surface area contributed by atoms with Crippen molar-refractivity contribution in [2.45, 2.75) is 31.8 Å². The third-order valence-corrected chi connectivity index (χ3v) is 5.27. The fraction of sp³-hybridized carbons (Fsp3) is 0.438. The Labute approximate surface area is 154 Å². The van der Waals surface area contributed by atoms with Gasteiger partial charge in [0.2, 0.25) is 10.0 Å². The van der Waals surface area contributed by atoms with Crippen LogP contribution in [-0.2, 0) is 16.6 Å². The van der Waals surface area contributed by atoms with Crippen molar-refractivity contribution in [2.24, 2.45) is 0 Å².